The van der Waals surface area contributed by atoms with Crippen LogP contribution in [0.1, 0.15) is 17.3 Å². The Morgan fingerprint density at radius 3 is 2.88 bits per heavy atom. The smallest absolute Gasteiger partial charge is 0.338 e. The number of nitrogens with two attached hydrogens (primary N) is 1. The number of carbonyl (C=O) groups is 1. The van der Waals surface area contributed by atoms with E-state index < -0.39 is 5.97 Å². The highest BCUT2D eigenvalue weighted by molar-refractivity contribution is 6.33. The fourth-order valence-corrected chi connectivity index (χ4v) is 1.19. The van der Waals surface area contributed by atoms with Gasteiger partial charge < -0.3 is 15.6 Å². The van der Waals surface area contributed by atoms with Crippen LogP contribution in [-0.2, 0) is 4.74 Å². The first-order chi connectivity index (χ1) is 7.54. The van der Waals surface area contributed by atoms with Crippen LogP contribution in [0.3, 0.4) is 0 Å². The third-order valence-corrected chi connectivity index (χ3v) is 2.37. The molecule has 88 valence electrons. The van der Waals surface area contributed by atoms with Crippen molar-refractivity contribution in [2.24, 2.45) is 5.92 Å². The van der Waals surface area contributed by atoms with Crippen molar-refractivity contribution in [3.8, 4) is 0 Å². The molecule has 3 N–H and O–H groups in total. The zero-order valence-electron chi connectivity index (χ0n) is 8.94. The van der Waals surface area contributed by atoms with E-state index in [1.165, 1.54) is 6.07 Å². The Morgan fingerprint density at radius 1 is 1.62 bits per heavy atom. The maximum absolute atomic E-state index is 11.5. The molecule has 1 aromatic rings. The lowest BCUT2D eigenvalue weighted by Gasteiger charge is -2.09. The van der Waals surface area contributed by atoms with Gasteiger partial charge in [0.2, 0.25) is 0 Å². The van der Waals surface area contributed by atoms with Crippen molar-refractivity contribution >= 4 is 23.3 Å². The zero-order valence-corrected chi connectivity index (χ0v) is 9.70. The van der Waals surface area contributed by atoms with E-state index in [0.29, 0.717) is 16.3 Å². The molecule has 1 aromatic carbocycles. The van der Waals surface area contributed by atoms with Gasteiger partial charge in [-0.05, 0) is 18.2 Å². The Hall–Kier alpha value is -1.26. The van der Waals surface area contributed by atoms with E-state index in [4.69, 9.17) is 27.2 Å². The number of halogens is 1. The van der Waals surface area contributed by atoms with Crippen molar-refractivity contribution in [1.82, 2.24) is 0 Å². The molecule has 5 heteroatoms. The molecule has 0 heterocycles. The van der Waals surface area contributed by atoms with E-state index in [2.05, 4.69) is 0 Å². The summed E-state index contributed by atoms with van der Waals surface area (Å²) >= 11 is 5.78. The minimum absolute atomic E-state index is 0.0181. The van der Waals surface area contributed by atoms with Crippen molar-refractivity contribution in [2.75, 3.05) is 18.9 Å². The number of ether oxygens (including phenoxy) is 1. The first kappa shape index (κ1) is 12.8. The molecule has 0 aliphatic heterocycles. The van der Waals surface area contributed by atoms with E-state index in [-0.39, 0.29) is 19.1 Å². The third kappa shape index (κ3) is 3.40. The molecule has 4 nitrogen and oxygen atoms in total. The Bertz CT molecular complexity index is 381. The Kier molecular flexibility index (Phi) is 4.58. The molecule has 16 heavy (non-hydrogen) atoms. The number of benzene rings is 1. The number of rotatable bonds is 4. The number of aliphatic hydroxyl groups is 1. The molecule has 0 saturated heterocycles. The molecular weight excluding hydrogens is 230 g/mol. The summed E-state index contributed by atoms with van der Waals surface area (Å²) in [5, 5.41) is 9.09. The van der Waals surface area contributed by atoms with E-state index in [0.717, 1.165) is 0 Å². The van der Waals surface area contributed by atoms with Gasteiger partial charge in [-0.3, -0.25) is 0 Å². The van der Waals surface area contributed by atoms with Gasteiger partial charge >= 0.3 is 5.97 Å². The molecule has 0 aromatic heterocycles. The van der Waals surface area contributed by atoms with Gasteiger partial charge in [0.1, 0.15) is 0 Å². The monoisotopic (exact) mass is 243 g/mol. The molecule has 1 rings (SSSR count). The van der Waals surface area contributed by atoms with E-state index in [1.54, 1.807) is 19.1 Å². The first-order valence-corrected chi connectivity index (χ1v) is 5.25. The number of esters is 1. The third-order valence-electron chi connectivity index (χ3n) is 2.05. The van der Waals surface area contributed by atoms with Crippen LogP contribution in [0.15, 0.2) is 18.2 Å². The summed E-state index contributed by atoms with van der Waals surface area (Å²) in [5.41, 5.74) is 6.29. The highest BCUT2D eigenvalue weighted by Crippen LogP contribution is 2.20. The van der Waals surface area contributed by atoms with Gasteiger partial charge in [0.15, 0.2) is 0 Å². The first-order valence-electron chi connectivity index (χ1n) is 4.87. The number of hydrogen-bond donors (Lipinski definition) is 2. The Morgan fingerprint density at radius 2 is 2.31 bits per heavy atom. The number of anilines is 1. The number of hydrogen-bond acceptors (Lipinski definition) is 4. The maximum atomic E-state index is 11.5. The number of aliphatic hydroxyl groups excluding tert-OH is 1. The van der Waals surface area contributed by atoms with Gasteiger partial charge in [0.25, 0.3) is 0 Å². The van der Waals surface area contributed by atoms with Crippen molar-refractivity contribution < 1.29 is 14.6 Å². The quantitative estimate of drug-likeness (QED) is 0.624. The molecule has 0 fully saturated rings. The molecule has 1 unspecified atom stereocenters. The lowest BCUT2D eigenvalue weighted by atomic mass is 10.2. The van der Waals surface area contributed by atoms with Crippen LogP contribution in [0.4, 0.5) is 5.69 Å². The minimum atomic E-state index is -0.470. The van der Waals surface area contributed by atoms with Crippen LogP contribution in [0, 0.1) is 5.92 Å². The van der Waals surface area contributed by atoms with Crippen LogP contribution in [-0.4, -0.2) is 24.3 Å². The number of nitrogen functional groups attached to an aromatic ring is 1. The summed E-state index contributed by atoms with van der Waals surface area (Å²) in [6.07, 6.45) is 0. The predicted molar refractivity (Wildman–Crippen MR) is 62.4 cm³/mol. The normalized spacial score (nSPS) is 12.2. The summed E-state index contributed by atoms with van der Waals surface area (Å²) in [6.45, 7) is 1.94. The highest BCUT2D eigenvalue weighted by atomic mass is 35.5. The van der Waals surface area contributed by atoms with Gasteiger partial charge in [-0.2, -0.15) is 0 Å². The average molecular weight is 244 g/mol. The summed E-state index contributed by atoms with van der Waals surface area (Å²) in [4.78, 5) is 11.5. The van der Waals surface area contributed by atoms with Crippen molar-refractivity contribution in [1.29, 1.82) is 0 Å². The van der Waals surface area contributed by atoms with Crippen molar-refractivity contribution in [3.05, 3.63) is 28.8 Å². The van der Waals surface area contributed by atoms with Crippen LogP contribution >= 0.6 is 11.6 Å². The molecule has 0 aliphatic rings. The fourth-order valence-electron chi connectivity index (χ4n) is 1.01. The molecule has 0 saturated carbocycles. The van der Waals surface area contributed by atoms with Gasteiger partial charge in [-0.1, -0.05) is 18.5 Å². The molecular formula is C11H14ClNO3. The number of carbonyl (C=O) groups excluding carboxylic acids is 1. The molecule has 0 amide bonds. The maximum Gasteiger partial charge on any atom is 0.338 e. The van der Waals surface area contributed by atoms with Crippen LogP contribution < -0.4 is 5.73 Å². The zero-order chi connectivity index (χ0) is 12.1. The van der Waals surface area contributed by atoms with E-state index >= 15 is 0 Å². The Balaban J connectivity index is 2.63. The van der Waals surface area contributed by atoms with Gasteiger partial charge in [-0.15, -0.1) is 0 Å². The van der Waals surface area contributed by atoms with E-state index in [1.807, 2.05) is 0 Å². The molecule has 0 radical (unpaired) electrons. The SMILES string of the molecule is CC(CO)COC(=O)c1ccc(N)c(Cl)c1. The second-order valence-electron chi connectivity index (χ2n) is 3.62. The summed E-state index contributed by atoms with van der Waals surface area (Å²) in [7, 11) is 0. The highest BCUT2D eigenvalue weighted by Gasteiger charge is 2.10. The predicted octanol–water partition coefficient (Wildman–Crippen LogP) is 1.71. The molecule has 0 aliphatic carbocycles. The lowest BCUT2D eigenvalue weighted by molar-refractivity contribution is 0.0405. The van der Waals surface area contributed by atoms with Crippen LogP contribution in [0.2, 0.25) is 5.02 Å². The van der Waals surface area contributed by atoms with Crippen LogP contribution in [0.5, 0.6) is 0 Å². The van der Waals surface area contributed by atoms with Gasteiger partial charge in [0, 0.05) is 12.5 Å². The molecule has 0 spiro atoms. The average Bonchev–Trinajstić information content (AvgIpc) is 2.29. The second-order valence-corrected chi connectivity index (χ2v) is 4.03. The molecule has 1 atom stereocenters. The topological polar surface area (TPSA) is 72.5 Å². The minimum Gasteiger partial charge on any atom is -0.462 e. The van der Waals surface area contributed by atoms with Gasteiger partial charge in [0.05, 0.1) is 22.9 Å². The standard InChI is InChI=1S/C11H14ClNO3/c1-7(5-14)6-16-11(15)8-2-3-10(13)9(12)4-8/h2-4,7,14H,5-6,13H2,1H3. The largest absolute Gasteiger partial charge is 0.462 e. The molecule has 0 bridgehead atoms. The summed E-state index contributed by atoms with van der Waals surface area (Å²) < 4.78 is 4.98. The fraction of sp³-hybridized carbons (Fsp3) is 0.364. The lowest BCUT2D eigenvalue weighted by Crippen LogP contribution is -2.14. The van der Waals surface area contributed by atoms with Crippen molar-refractivity contribution in [3.63, 3.8) is 0 Å². The van der Waals surface area contributed by atoms with E-state index in [9.17, 15) is 4.79 Å². The summed E-state index contributed by atoms with van der Waals surface area (Å²) in [5.74, 6) is -0.546. The van der Waals surface area contributed by atoms with Gasteiger partial charge in [-0.25, -0.2) is 4.79 Å². The summed E-state index contributed by atoms with van der Waals surface area (Å²) in [6, 6.07) is 4.56. The Labute approximate surface area is 99.0 Å². The second kappa shape index (κ2) is 5.72. The van der Waals surface area contributed by atoms with Crippen molar-refractivity contribution in [2.45, 2.75) is 6.92 Å². The van der Waals surface area contributed by atoms with Crippen LogP contribution in [0.25, 0.3) is 0 Å².